The molecule has 2 aliphatic rings. The molecule has 6 rings (SSSR count). The van der Waals surface area contributed by atoms with Crippen molar-refractivity contribution in [1.29, 1.82) is 0 Å². The molecule has 0 saturated heterocycles. The number of nitrogens with zero attached hydrogens (tertiary/aromatic N) is 4. The SMILES string of the molecule is CC(C)(C)N(C(=O)O)[C@@H](Cc1ccccc1)[C@H](O)CNOC1CCCC1.COC(=O)Nc1nc2ccc(S(=O)(=O)N(Cc3ccccc3)[C@H](NC(=O)OC(C)(C)C)[C@@H](C)O)cc2n1OC1CCCC1. The molecular formula is C49H71N7O12S. The van der Waals surface area contributed by atoms with Gasteiger partial charge in [0.1, 0.15) is 23.4 Å². The van der Waals surface area contributed by atoms with Crippen LogP contribution < -0.4 is 21.0 Å². The van der Waals surface area contributed by atoms with E-state index in [4.69, 9.17) is 19.1 Å². The molecule has 380 valence electrons. The number of aliphatic hydroxyl groups is 2. The lowest BCUT2D eigenvalue weighted by atomic mass is 9.95. The Bertz CT molecular complexity index is 2380. The summed E-state index contributed by atoms with van der Waals surface area (Å²) in [4.78, 5) is 54.1. The van der Waals surface area contributed by atoms with Gasteiger partial charge in [0.05, 0.1) is 41.9 Å². The highest BCUT2D eigenvalue weighted by molar-refractivity contribution is 7.89. The molecule has 0 bridgehead atoms. The summed E-state index contributed by atoms with van der Waals surface area (Å²) in [5.41, 5.74) is 3.68. The number of carbonyl (C=O) groups excluding carboxylic acids is 2. The van der Waals surface area contributed by atoms with Crippen LogP contribution in [0.4, 0.5) is 20.3 Å². The summed E-state index contributed by atoms with van der Waals surface area (Å²) in [5.74, 6) is 0.0397. The number of hydrogen-bond acceptors (Lipinski definition) is 13. The number of aromatic nitrogens is 2. The van der Waals surface area contributed by atoms with Gasteiger partial charge in [-0.3, -0.25) is 15.1 Å². The van der Waals surface area contributed by atoms with E-state index in [0.717, 1.165) is 48.4 Å². The minimum absolute atomic E-state index is 0.0397. The fourth-order valence-electron chi connectivity index (χ4n) is 8.33. The van der Waals surface area contributed by atoms with Crippen LogP contribution in [-0.2, 0) is 37.3 Å². The monoisotopic (exact) mass is 981 g/mol. The number of carbonyl (C=O) groups is 3. The van der Waals surface area contributed by atoms with Crippen LogP contribution in [0.1, 0.15) is 111 Å². The Hall–Kier alpha value is -5.51. The molecule has 4 atom stereocenters. The molecule has 2 aliphatic carbocycles. The summed E-state index contributed by atoms with van der Waals surface area (Å²) in [6, 6.07) is 22.2. The molecular weight excluding hydrogens is 911 g/mol. The molecule has 1 aromatic heterocycles. The number of nitrogens with one attached hydrogen (secondary N) is 3. The molecule has 3 amide bonds. The molecule has 69 heavy (non-hydrogen) atoms. The second-order valence-electron chi connectivity index (χ2n) is 19.4. The molecule has 0 unspecified atom stereocenters. The first kappa shape index (κ1) is 54.4. The van der Waals surface area contributed by atoms with Gasteiger partial charge in [-0.05, 0) is 123 Å². The van der Waals surface area contributed by atoms with Gasteiger partial charge in [0, 0.05) is 18.6 Å². The van der Waals surface area contributed by atoms with Crippen molar-refractivity contribution in [1.82, 2.24) is 29.7 Å². The molecule has 0 spiro atoms. The number of sulfonamides is 1. The number of carboxylic acid groups (broad SMARTS) is 1. The van der Waals surface area contributed by atoms with Crippen LogP contribution in [-0.4, -0.2) is 122 Å². The highest BCUT2D eigenvalue weighted by atomic mass is 32.2. The Morgan fingerprint density at radius 2 is 1.42 bits per heavy atom. The average molecular weight is 982 g/mol. The summed E-state index contributed by atoms with van der Waals surface area (Å²) in [7, 11) is -3.17. The predicted molar refractivity (Wildman–Crippen MR) is 260 cm³/mol. The van der Waals surface area contributed by atoms with Crippen molar-refractivity contribution in [3.05, 3.63) is 90.0 Å². The Morgan fingerprint density at radius 1 is 0.841 bits per heavy atom. The number of benzene rings is 3. The van der Waals surface area contributed by atoms with Crippen molar-refractivity contribution < 1.29 is 57.3 Å². The van der Waals surface area contributed by atoms with Crippen molar-refractivity contribution in [3.8, 4) is 0 Å². The number of hydrogen-bond donors (Lipinski definition) is 6. The third-order valence-electron chi connectivity index (χ3n) is 11.6. The zero-order valence-corrected chi connectivity index (χ0v) is 41.8. The van der Waals surface area contributed by atoms with Crippen LogP contribution in [0.3, 0.4) is 0 Å². The molecule has 4 aromatic rings. The third kappa shape index (κ3) is 15.7. The van der Waals surface area contributed by atoms with E-state index in [1.54, 1.807) is 51.1 Å². The van der Waals surface area contributed by atoms with E-state index in [-0.39, 0.29) is 36.1 Å². The molecule has 0 radical (unpaired) electrons. The Labute approximate surface area is 405 Å². The zero-order valence-electron chi connectivity index (χ0n) is 41.0. The summed E-state index contributed by atoms with van der Waals surface area (Å²) in [5, 5.41) is 36.3. The number of amides is 3. The van der Waals surface area contributed by atoms with Crippen LogP contribution in [0, 0.1) is 0 Å². The van der Waals surface area contributed by atoms with Gasteiger partial charge in [0.15, 0.2) is 0 Å². The smallest absolute Gasteiger partial charge is 0.413 e. The van der Waals surface area contributed by atoms with Crippen LogP contribution in [0.2, 0.25) is 0 Å². The number of rotatable bonds is 18. The highest BCUT2D eigenvalue weighted by Crippen LogP contribution is 2.30. The van der Waals surface area contributed by atoms with E-state index in [0.29, 0.717) is 23.0 Å². The fourth-order valence-corrected chi connectivity index (χ4v) is 9.95. The number of aliphatic hydroxyl groups excluding tert-OH is 2. The van der Waals surface area contributed by atoms with Crippen molar-refractivity contribution in [2.75, 3.05) is 19.0 Å². The molecule has 2 saturated carbocycles. The number of fused-ring (bicyclic) bond motifs is 1. The van der Waals surface area contributed by atoms with Gasteiger partial charge in [0.25, 0.3) is 0 Å². The van der Waals surface area contributed by atoms with Gasteiger partial charge in [-0.2, -0.15) is 9.79 Å². The van der Waals surface area contributed by atoms with E-state index in [2.05, 4.69) is 21.1 Å². The molecule has 2 fully saturated rings. The third-order valence-corrected chi connectivity index (χ3v) is 13.4. The van der Waals surface area contributed by atoms with E-state index >= 15 is 0 Å². The molecule has 19 nitrogen and oxygen atoms in total. The first-order valence-corrected chi connectivity index (χ1v) is 24.9. The quantitative estimate of drug-likeness (QED) is 0.0427. The van der Waals surface area contributed by atoms with Crippen molar-refractivity contribution in [2.24, 2.45) is 0 Å². The Balaban J connectivity index is 0.000000292. The van der Waals surface area contributed by atoms with Crippen LogP contribution in [0.5, 0.6) is 0 Å². The largest absolute Gasteiger partial charge is 0.465 e. The molecule has 6 N–H and O–H groups in total. The van der Waals surface area contributed by atoms with Crippen molar-refractivity contribution in [3.63, 3.8) is 0 Å². The summed E-state index contributed by atoms with van der Waals surface area (Å²) >= 11 is 0. The lowest BCUT2D eigenvalue weighted by Crippen LogP contribution is -2.58. The number of imidazole rings is 1. The van der Waals surface area contributed by atoms with Gasteiger partial charge < -0.3 is 34.9 Å². The molecule has 3 aromatic carbocycles. The van der Waals surface area contributed by atoms with E-state index in [9.17, 15) is 38.1 Å². The summed E-state index contributed by atoms with van der Waals surface area (Å²) < 4.78 is 41.1. The lowest BCUT2D eigenvalue weighted by molar-refractivity contribution is -0.0556. The predicted octanol–water partition coefficient (Wildman–Crippen LogP) is 7.21. The van der Waals surface area contributed by atoms with Gasteiger partial charge in [-0.15, -0.1) is 4.73 Å². The van der Waals surface area contributed by atoms with Crippen molar-refractivity contribution in [2.45, 2.75) is 165 Å². The van der Waals surface area contributed by atoms with Gasteiger partial charge in [-0.25, -0.2) is 27.8 Å². The van der Waals surface area contributed by atoms with Gasteiger partial charge >= 0.3 is 18.3 Å². The molecule has 0 aliphatic heterocycles. The average Bonchev–Trinajstić information content (AvgIpc) is 4.07. The van der Waals surface area contributed by atoms with Crippen LogP contribution in [0.25, 0.3) is 11.0 Å². The molecule has 1 heterocycles. The summed E-state index contributed by atoms with van der Waals surface area (Å²) in [6.45, 7) is 12.0. The second kappa shape index (κ2) is 24.4. The minimum Gasteiger partial charge on any atom is -0.465 e. The van der Waals surface area contributed by atoms with Gasteiger partial charge in [-0.1, -0.05) is 73.5 Å². The number of hydroxylamine groups is 1. The molecule has 20 heteroatoms. The Morgan fingerprint density at radius 3 is 1.96 bits per heavy atom. The van der Waals surface area contributed by atoms with Gasteiger partial charge in [0.2, 0.25) is 16.0 Å². The standard InChI is InChI=1S/C29H39N5O8S.C20H32N2O4/c1-19(35)25(31-28(37)41-29(2,3)4)33(18-20-11-7-6-8-12-20)43(38,39)22-15-16-23-24(17-22)34(42-21-13-9-10-14-21)26(30-23)32-27(36)40-5;1-20(2,3)22(19(24)25)17(13-15-9-5-4-6-10-15)18(23)14-21-26-16-11-7-8-12-16/h6-8,11-12,15-17,19,21,25,35H,9-10,13-14,18H2,1-5H3,(H,31,37)(H,30,32,36);4-6,9-10,16-18,21,23H,7-8,11-14H2,1-3H3,(H,24,25)/t19-,25+;17-,18+/m10/s1. The van der Waals surface area contributed by atoms with Crippen LogP contribution >= 0.6 is 0 Å². The summed E-state index contributed by atoms with van der Waals surface area (Å²) in [6.07, 6.45) is 2.17. The number of methoxy groups -OCH3 is 1. The van der Waals surface area contributed by atoms with E-state index in [1.165, 1.54) is 54.7 Å². The van der Waals surface area contributed by atoms with E-state index in [1.807, 2.05) is 51.1 Å². The van der Waals surface area contributed by atoms with Crippen molar-refractivity contribution >= 4 is 45.3 Å². The normalized spacial score (nSPS) is 16.5. The first-order chi connectivity index (χ1) is 32.6. The van der Waals surface area contributed by atoms with E-state index < -0.39 is 63.9 Å². The lowest BCUT2D eigenvalue weighted by Gasteiger charge is -2.41. The first-order valence-electron chi connectivity index (χ1n) is 23.5. The number of alkyl carbamates (subject to hydrolysis) is 1. The topological polar surface area (TPSA) is 243 Å². The maximum atomic E-state index is 14.3. The Kier molecular flexibility index (Phi) is 19.2. The number of ether oxygens (including phenoxy) is 2. The second-order valence-corrected chi connectivity index (χ2v) is 21.3. The maximum Gasteiger partial charge on any atom is 0.413 e. The fraction of sp³-hybridized carbons (Fsp3) is 0.551. The zero-order chi connectivity index (χ0) is 50.5. The minimum atomic E-state index is -4.39. The highest BCUT2D eigenvalue weighted by Gasteiger charge is 2.39. The number of anilines is 1. The van der Waals surface area contributed by atoms with Crippen LogP contribution in [0.15, 0.2) is 83.8 Å². The maximum absolute atomic E-state index is 14.3.